The van der Waals surface area contributed by atoms with Gasteiger partial charge in [-0.2, -0.15) is 11.8 Å². The Morgan fingerprint density at radius 3 is 2.59 bits per heavy atom. The molecule has 1 saturated heterocycles. The monoisotopic (exact) mass is 255 g/mol. The minimum Gasteiger partial charge on any atom is -0.480 e. The molecule has 1 aliphatic heterocycles. The van der Waals surface area contributed by atoms with Crippen LogP contribution in [0.4, 0.5) is 4.39 Å². The van der Waals surface area contributed by atoms with E-state index in [-0.39, 0.29) is 5.56 Å². The minimum absolute atomic E-state index is 0.256. The van der Waals surface area contributed by atoms with E-state index in [1.807, 2.05) is 4.90 Å². The first-order valence-corrected chi connectivity index (χ1v) is 6.64. The van der Waals surface area contributed by atoms with Gasteiger partial charge in [-0.15, -0.1) is 0 Å². The van der Waals surface area contributed by atoms with E-state index in [1.165, 1.54) is 6.07 Å². The lowest BCUT2D eigenvalue weighted by molar-refractivity contribution is -0.143. The third-order valence-corrected chi connectivity index (χ3v) is 3.79. The molecule has 3 nitrogen and oxygen atoms in total. The van der Waals surface area contributed by atoms with Crippen molar-refractivity contribution >= 4 is 17.7 Å². The molecule has 5 heteroatoms. The van der Waals surface area contributed by atoms with Crippen molar-refractivity contribution in [3.05, 3.63) is 35.6 Å². The van der Waals surface area contributed by atoms with E-state index in [4.69, 9.17) is 0 Å². The van der Waals surface area contributed by atoms with E-state index in [0.29, 0.717) is 13.1 Å². The van der Waals surface area contributed by atoms with Crippen LogP contribution in [0.1, 0.15) is 11.6 Å². The van der Waals surface area contributed by atoms with Gasteiger partial charge < -0.3 is 5.11 Å². The van der Waals surface area contributed by atoms with Crippen LogP contribution in [0.3, 0.4) is 0 Å². The normalized spacial score (nSPS) is 18.9. The first-order chi connectivity index (χ1) is 8.20. The van der Waals surface area contributed by atoms with Crippen LogP contribution >= 0.6 is 11.8 Å². The number of halogens is 1. The van der Waals surface area contributed by atoms with Gasteiger partial charge in [0.25, 0.3) is 0 Å². The second-order valence-corrected chi connectivity index (χ2v) is 5.14. The molecular formula is C12H14FNO2S. The maximum absolute atomic E-state index is 13.7. The second-order valence-electron chi connectivity index (χ2n) is 3.91. The molecule has 1 fully saturated rings. The predicted octanol–water partition coefficient (Wildman–Crippen LogP) is 2.00. The number of hydrogen-bond donors (Lipinski definition) is 1. The van der Waals surface area contributed by atoms with Crippen molar-refractivity contribution in [2.24, 2.45) is 0 Å². The molecule has 2 rings (SSSR count). The third-order valence-electron chi connectivity index (χ3n) is 2.84. The summed E-state index contributed by atoms with van der Waals surface area (Å²) in [5.41, 5.74) is 0.256. The quantitative estimate of drug-likeness (QED) is 0.897. The molecule has 0 spiro atoms. The van der Waals surface area contributed by atoms with Crippen molar-refractivity contribution in [1.29, 1.82) is 0 Å². The number of carboxylic acid groups (broad SMARTS) is 1. The average molecular weight is 255 g/mol. The standard InChI is InChI=1S/C12H14FNO2S/c13-10-4-2-1-3-9(10)11(12(15)16)14-5-7-17-8-6-14/h1-4,11H,5-8H2,(H,15,16). The Bertz CT molecular complexity index is 407. The summed E-state index contributed by atoms with van der Waals surface area (Å²) in [7, 11) is 0. The highest BCUT2D eigenvalue weighted by atomic mass is 32.2. The van der Waals surface area contributed by atoms with Crippen LogP contribution in [-0.2, 0) is 4.79 Å². The highest BCUT2D eigenvalue weighted by Gasteiger charge is 2.30. The molecule has 0 aliphatic carbocycles. The number of hydrogen-bond acceptors (Lipinski definition) is 3. The van der Waals surface area contributed by atoms with E-state index in [0.717, 1.165) is 11.5 Å². The molecule has 0 bridgehead atoms. The van der Waals surface area contributed by atoms with Crippen LogP contribution < -0.4 is 0 Å². The highest BCUT2D eigenvalue weighted by molar-refractivity contribution is 7.99. The minimum atomic E-state index is -0.984. The van der Waals surface area contributed by atoms with E-state index in [1.54, 1.807) is 30.0 Å². The van der Waals surface area contributed by atoms with Crippen LogP contribution in [0, 0.1) is 5.82 Å². The Labute approximate surface area is 104 Å². The van der Waals surface area contributed by atoms with Gasteiger partial charge in [-0.05, 0) is 6.07 Å². The van der Waals surface area contributed by atoms with Crippen LogP contribution in [0.25, 0.3) is 0 Å². The summed E-state index contributed by atoms with van der Waals surface area (Å²) in [5.74, 6) is 0.372. The van der Waals surface area contributed by atoms with Crippen LogP contribution in [0.2, 0.25) is 0 Å². The third kappa shape index (κ3) is 2.79. The average Bonchev–Trinajstić information content (AvgIpc) is 2.33. The van der Waals surface area contributed by atoms with E-state index in [9.17, 15) is 14.3 Å². The van der Waals surface area contributed by atoms with Gasteiger partial charge in [-0.25, -0.2) is 4.39 Å². The summed E-state index contributed by atoms with van der Waals surface area (Å²) in [6, 6.07) is 5.24. The van der Waals surface area contributed by atoms with Gasteiger partial charge in [0, 0.05) is 30.2 Å². The van der Waals surface area contributed by atoms with E-state index >= 15 is 0 Å². The van der Waals surface area contributed by atoms with Crippen molar-refractivity contribution in [2.45, 2.75) is 6.04 Å². The Morgan fingerprint density at radius 2 is 2.00 bits per heavy atom. The lowest BCUT2D eigenvalue weighted by Crippen LogP contribution is -2.40. The lowest BCUT2D eigenvalue weighted by Gasteiger charge is -2.32. The maximum Gasteiger partial charge on any atom is 0.325 e. The molecule has 0 radical (unpaired) electrons. The fourth-order valence-electron chi connectivity index (χ4n) is 2.02. The van der Waals surface area contributed by atoms with Crippen LogP contribution in [0.5, 0.6) is 0 Å². The molecule has 92 valence electrons. The van der Waals surface area contributed by atoms with E-state index in [2.05, 4.69) is 0 Å². The zero-order chi connectivity index (χ0) is 12.3. The molecule has 1 aromatic rings. The molecule has 0 aromatic heterocycles. The molecule has 1 N–H and O–H groups in total. The van der Waals surface area contributed by atoms with Gasteiger partial charge in [0.1, 0.15) is 11.9 Å². The number of aliphatic carboxylic acids is 1. The summed E-state index contributed by atoms with van der Waals surface area (Å²) in [6.45, 7) is 1.38. The Balaban J connectivity index is 2.28. The van der Waals surface area contributed by atoms with Crippen LogP contribution in [0.15, 0.2) is 24.3 Å². The summed E-state index contributed by atoms with van der Waals surface area (Å²) < 4.78 is 13.7. The fraction of sp³-hybridized carbons (Fsp3) is 0.417. The zero-order valence-corrected chi connectivity index (χ0v) is 10.1. The maximum atomic E-state index is 13.7. The topological polar surface area (TPSA) is 40.5 Å². The van der Waals surface area contributed by atoms with Crippen molar-refractivity contribution < 1.29 is 14.3 Å². The summed E-state index contributed by atoms with van der Waals surface area (Å²) >= 11 is 1.80. The molecule has 1 atom stereocenters. The second kappa shape index (κ2) is 5.51. The van der Waals surface area contributed by atoms with Gasteiger partial charge >= 0.3 is 5.97 Å². The Morgan fingerprint density at radius 1 is 1.35 bits per heavy atom. The van der Waals surface area contributed by atoms with Crippen molar-refractivity contribution in [3.8, 4) is 0 Å². The number of thioether (sulfide) groups is 1. The van der Waals surface area contributed by atoms with Gasteiger partial charge in [-0.1, -0.05) is 18.2 Å². The molecule has 1 unspecified atom stereocenters. The smallest absolute Gasteiger partial charge is 0.325 e. The molecule has 0 saturated carbocycles. The molecule has 1 aromatic carbocycles. The number of carboxylic acids is 1. The van der Waals surface area contributed by atoms with E-state index < -0.39 is 17.8 Å². The van der Waals surface area contributed by atoms with Gasteiger partial charge in [0.2, 0.25) is 0 Å². The fourth-order valence-corrected chi connectivity index (χ4v) is 2.95. The molecule has 0 amide bonds. The molecular weight excluding hydrogens is 241 g/mol. The highest BCUT2D eigenvalue weighted by Crippen LogP contribution is 2.26. The lowest BCUT2D eigenvalue weighted by atomic mass is 10.0. The summed E-state index contributed by atoms with van der Waals surface area (Å²) in [5, 5.41) is 9.29. The Kier molecular flexibility index (Phi) is 4.02. The van der Waals surface area contributed by atoms with Crippen molar-refractivity contribution in [1.82, 2.24) is 4.90 Å². The number of nitrogens with zero attached hydrogens (tertiary/aromatic N) is 1. The molecule has 1 aliphatic rings. The molecule has 1 heterocycles. The van der Waals surface area contributed by atoms with Crippen molar-refractivity contribution in [2.75, 3.05) is 24.6 Å². The number of benzene rings is 1. The first kappa shape index (κ1) is 12.4. The number of rotatable bonds is 3. The SMILES string of the molecule is O=C(O)C(c1ccccc1F)N1CCSCC1. The van der Waals surface area contributed by atoms with Gasteiger partial charge in [0.05, 0.1) is 0 Å². The first-order valence-electron chi connectivity index (χ1n) is 5.49. The van der Waals surface area contributed by atoms with Gasteiger partial charge in [0.15, 0.2) is 0 Å². The largest absolute Gasteiger partial charge is 0.480 e. The van der Waals surface area contributed by atoms with Crippen molar-refractivity contribution in [3.63, 3.8) is 0 Å². The zero-order valence-electron chi connectivity index (χ0n) is 9.30. The predicted molar refractivity (Wildman–Crippen MR) is 65.7 cm³/mol. The van der Waals surface area contributed by atoms with Crippen LogP contribution in [-0.4, -0.2) is 40.6 Å². The van der Waals surface area contributed by atoms with Gasteiger partial charge in [-0.3, -0.25) is 9.69 Å². The molecule has 17 heavy (non-hydrogen) atoms. The summed E-state index contributed by atoms with van der Waals surface area (Å²) in [4.78, 5) is 13.2. The number of carbonyl (C=O) groups is 1. The summed E-state index contributed by atoms with van der Waals surface area (Å²) in [6.07, 6.45) is 0. The Hall–Kier alpha value is -1.07.